The van der Waals surface area contributed by atoms with Gasteiger partial charge in [0.15, 0.2) is 0 Å². The number of nitrogens with zero attached hydrogens (tertiary/aromatic N) is 2. The maximum atomic E-state index is 2.48. The fourth-order valence-corrected chi connectivity index (χ4v) is 7.93. The number of rotatable bonds is 2. The van der Waals surface area contributed by atoms with E-state index in [4.69, 9.17) is 0 Å². The van der Waals surface area contributed by atoms with Gasteiger partial charge in [-0.1, -0.05) is 84.9 Å². The third-order valence-corrected chi connectivity index (χ3v) is 9.56. The summed E-state index contributed by atoms with van der Waals surface area (Å²) in [5, 5.41) is 2.68. The number of fused-ring (bicyclic) bond motifs is 7. The summed E-state index contributed by atoms with van der Waals surface area (Å²) in [5.41, 5.74) is 11.4. The van der Waals surface area contributed by atoms with Crippen molar-refractivity contribution < 1.29 is 0 Å². The first-order valence-electron chi connectivity index (χ1n) is 13.7. The predicted octanol–water partition coefficient (Wildman–Crippen LogP) is 8.14. The Labute approximate surface area is 237 Å². The molecule has 0 unspecified atom stereocenters. The smallest absolute Gasteiger partial charge is 0.252 e. The zero-order valence-electron chi connectivity index (χ0n) is 21.7. The molecule has 0 spiro atoms. The van der Waals surface area contributed by atoms with Crippen LogP contribution in [0.5, 0.6) is 0 Å². The highest BCUT2D eigenvalue weighted by Gasteiger charge is 2.43. The molecule has 0 fully saturated rings. The average Bonchev–Trinajstić information content (AvgIpc) is 3.38. The van der Waals surface area contributed by atoms with Gasteiger partial charge in [-0.3, -0.25) is 0 Å². The Morgan fingerprint density at radius 3 is 1.77 bits per heavy atom. The Morgan fingerprint density at radius 2 is 1.02 bits per heavy atom. The maximum Gasteiger partial charge on any atom is 0.252 e. The molecule has 0 atom stereocenters. The molecule has 2 aliphatic heterocycles. The number of anilines is 6. The Kier molecular flexibility index (Phi) is 4.61. The van der Waals surface area contributed by atoms with E-state index in [2.05, 4.69) is 149 Å². The van der Waals surface area contributed by atoms with E-state index in [9.17, 15) is 0 Å². The normalized spacial score (nSPS) is 13.3. The molecular weight excluding hydrogens is 503 g/mol. The van der Waals surface area contributed by atoms with Crippen LogP contribution in [0.15, 0.2) is 140 Å². The first-order valence-corrected chi connectivity index (χ1v) is 14.6. The maximum absolute atomic E-state index is 2.48. The molecule has 2 nitrogen and oxygen atoms in total. The van der Waals surface area contributed by atoms with E-state index in [0.29, 0.717) is 0 Å². The summed E-state index contributed by atoms with van der Waals surface area (Å²) >= 11 is 1.89. The fraction of sp³-hybridized carbons (Fsp3) is 0. The molecule has 0 N–H and O–H groups in total. The number of thiophene rings is 1. The Morgan fingerprint density at radius 1 is 0.425 bits per heavy atom. The van der Waals surface area contributed by atoms with Crippen LogP contribution < -0.4 is 26.2 Å². The van der Waals surface area contributed by atoms with Crippen LogP contribution in [0.4, 0.5) is 34.1 Å². The third kappa shape index (κ3) is 3.00. The molecule has 0 radical (unpaired) electrons. The van der Waals surface area contributed by atoms with Crippen molar-refractivity contribution in [2.24, 2.45) is 0 Å². The zero-order chi connectivity index (χ0) is 26.2. The molecule has 0 amide bonds. The lowest BCUT2D eigenvalue weighted by molar-refractivity contribution is 1.26. The molecule has 186 valence electrons. The summed E-state index contributed by atoms with van der Waals surface area (Å²) in [4.78, 5) is 4.92. The zero-order valence-corrected chi connectivity index (χ0v) is 22.5. The van der Waals surface area contributed by atoms with E-state index >= 15 is 0 Å². The van der Waals surface area contributed by atoms with Crippen LogP contribution in [-0.2, 0) is 0 Å². The molecule has 4 heteroatoms. The summed E-state index contributed by atoms with van der Waals surface area (Å²) in [6, 6.07) is 51.1. The van der Waals surface area contributed by atoms with Crippen molar-refractivity contribution >= 4 is 88.7 Å². The second-order valence-corrected chi connectivity index (χ2v) is 11.6. The quantitative estimate of drug-likeness (QED) is 0.210. The largest absolute Gasteiger partial charge is 0.311 e. The minimum atomic E-state index is 0.139. The van der Waals surface area contributed by atoms with E-state index in [0.717, 1.165) is 0 Å². The van der Waals surface area contributed by atoms with E-state index in [1.807, 2.05) is 11.3 Å². The molecule has 0 saturated carbocycles. The van der Waals surface area contributed by atoms with Crippen molar-refractivity contribution in [3.8, 4) is 0 Å². The van der Waals surface area contributed by atoms with Gasteiger partial charge in [0.2, 0.25) is 0 Å². The minimum absolute atomic E-state index is 0.139. The first-order chi connectivity index (χ1) is 19.9. The molecule has 2 aliphatic rings. The fourth-order valence-electron chi connectivity index (χ4n) is 6.81. The molecule has 9 rings (SSSR count). The van der Waals surface area contributed by atoms with Crippen LogP contribution in [0.2, 0.25) is 0 Å². The monoisotopic (exact) mass is 526 g/mol. The van der Waals surface area contributed by atoms with Gasteiger partial charge in [0.1, 0.15) is 0 Å². The molecule has 6 aromatic carbocycles. The predicted molar refractivity (Wildman–Crippen MR) is 173 cm³/mol. The minimum Gasteiger partial charge on any atom is -0.311 e. The van der Waals surface area contributed by atoms with Crippen LogP contribution in [0.1, 0.15) is 0 Å². The molecule has 0 saturated heterocycles. The van der Waals surface area contributed by atoms with Crippen molar-refractivity contribution in [2.75, 3.05) is 9.80 Å². The van der Waals surface area contributed by atoms with Gasteiger partial charge in [0, 0.05) is 48.9 Å². The molecule has 7 aromatic rings. The summed E-state index contributed by atoms with van der Waals surface area (Å²) in [7, 11) is 0. The van der Waals surface area contributed by atoms with Crippen molar-refractivity contribution in [3.05, 3.63) is 140 Å². The van der Waals surface area contributed by atoms with Gasteiger partial charge >= 0.3 is 0 Å². The van der Waals surface area contributed by atoms with Crippen molar-refractivity contribution in [1.82, 2.24) is 0 Å². The molecule has 3 heterocycles. The van der Waals surface area contributed by atoms with Gasteiger partial charge in [-0.05, 0) is 76.4 Å². The lowest BCUT2D eigenvalue weighted by Crippen LogP contribution is -2.61. The van der Waals surface area contributed by atoms with Crippen LogP contribution in [-0.4, -0.2) is 6.71 Å². The molecule has 0 bridgehead atoms. The standard InChI is InChI=1S/C36H23BN2S/c1-3-12-24(13-4-1)38-30-18-9-8-17-28(30)37-29-22-27-26-16-7-10-21-34(26)40-35(27)23-33(29)39(25-14-5-2-6-15-25)32-20-11-19-31(38)36(32)37/h1-23H. The van der Waals surface area contributed by atoms with Crippen LogP contribution in [0.25, 0.3) is 20.2 Å². The Hall–Kier alpha value is -4.80. The molecule has 1 aromatic heterocycles. The Bertz CT molecular complexity index is 2080. The van der Waals surface area contributed by atoms with Crippen LogP contribution in [0, 0.1) is 0 Å². The summed E-state index contributed by atoms with van der Waals surface area (Å²) in [6.07, 6.45) is 0. The van der Waals surface area contributed by atoms with Gasteiger partial charge in [0.05, 0.1) is 0 Å². The second kappa shape index (κ2) is 8.35. The van der Waals surface area contributed by atoms with E-state index in [-0.39, 0.29) is 6.71 Å². The number of para-hydroxylation sites is 3. The Balaban J connectivity index is 1.42. The molecule has 0 aliphatic carbocycles. The van der Waals surface area contributed by atoms with Crippen LogP contribution >= 0.6 is 11.3 Å². The first kappa shape index (κ1) is 22.1. The number of hydrogen-bond acceptors (Lipinski definition) is 3. The van der Waals surface area contributed by atoms with Gasteiger partial charge < -0.3 is 9.80 Å². The second-order valence-electron chi connectivity index (χ2n) is 10.5. The molecular formula is C36H23BN2S. The summed E-state index contributed by atoms with van der Waals surface area (Å²) < 4.78 is 2.67. The van der Waals surface area contributed by atoms with Gasteiger partial charge in [-0.15, -0.1) is 11.3 Å². The summed E-state index contributed by atoms with van der Waals surface area (Å²) in [5.74, 6) is 0. The van der Waals surface area contributed by atoms with Crippen molar-refractivity contribution in [3.63, 3.8) is 0 Å². The lowest BCUT2D eigenvalue weighted by Gasteiger charge is -2.44. The average molecular weight is 526 g/mol. The SMILES string of the molecule is c1ccc(N2c3ccccc3B3c4cc5c(cc4N(c4ccccc4)c4cccc2c43)sc2ccccc25)cc1. The third-order valence-electron chi connectivity index (χ3n) is 8.43. The topological polar surface area (TPSA) is 6.48 Å². The lowest BCUT2D eigenvalue weighted by atomic mass is 9.33. The van der Waals surface area contributed by atoms with Crippen molar-refractivity contribution in [1.29, 1.82) is 0 Å². The van der Waals surface area contributed by atoms with Gasteiger partial charge in [-0.25, -0.2) is 0 Å². The highest BCUT2D eigenvalue weighted by molar-refractivity contribution is 7.26. The summed E-state index contributed by atoms with van der Waals surface area (Å²) in [6.45, 7) is 0.139. The molecule has 40 heavy (non-hydrogen) atoms. The van der Waals surface area contributed by atoms with Crippen molar-refractivity contribution in [2.45, 2.75) is 0 Å². The number of benzene rings is 6. The van der Waals surface area contributed by atoms with E-state index < -0.39 is 0 Å². The van der Waals surface area contributed by atoms with E-state index in [1.165, 1.54) is 70.7 Å². The van der Waals surface area contributed by atoms with Gasteiger partial charge in [-0.2, -0.15) is 0 Å². The van der Waals surface area contributed by atoms with Crippen LogP contribution in [0.3, 0.4) is 0 Å². The number of hydrogen-bond donors (Lipinski definition) is 0. The highest BCUT2D eigenvalue weighted by atomic mass is 32.1. The van der Waals surface area contributed by atoms with Gasteiger partial charge in [0.25, 0.3) is 6.71 Å². The van der Waals surface area contributed by atoms with E-state index in [1.54, 1.807) is 0 Å². The highest BCUT2D eigenvalue weighted by Crippen LogP contribution is 2.45.